The Labute approximate surface area is 121 Å². The van der Waals surface area contributed by atoms with Gasteiger partial charge >= 0.3 is 18.0 Å². The number of aryl methyl sites for hydroxylation is 1. The fourth-order valence-electron chi connectivity index (χ4n) is 1.60. The Hall–Kier alpha value is -2.64. The highest BCUT2D eigenvalue weighted by Gasteiger charge is 2.20. The molecule has 4 N–H and O–H groups in total. The third kappa shape index (κ3) is 5.89. The number of nitrogens with zero attached hydrogens (tertiary/aromatic N) is 1. The number of carbonyl (C=O) groups is 3. The van der Waals surface area contributed by atoms with Crippen LogP contribution in [0.2, 0.25) is 0 Å². The van der Waals surface area contributed by atoms with E-state index in [9.17, 15) is 14.4 Å². The monoisotopic (exact) mass is 295 g/mol. The summed E-state index contributed by atoms with van der Waals surface area (Å²) >= 11 is 0. The van der Waals surface area contributed by atoms with E-state index in [0.29, 0.717) is 5.69 Å². The van der Waals surface area contributed by atoms with Crippen LogP contribution in [0.1, 0.15) is 24.1 Å². The van der Waals surface area contributed by atoms with Gasteiger partial charge in [-0.1, -0.05) is 6.07 Å². The van der Waals surface area contributed by atoms with Crippen LogP contribution in [0.4, 0.5) is 4.79 Å². The molecule has 0 fully saturated rings. The van der Waals surface area contributed by atoms with Crippen molar-refractivity contribution in [2.45, 2.75) is 32.4 Å². The molecule has 0 bridgehead atoms. The highest BCUT2D eigenvalue weighted by molar-refractivity contribution is 5.82. The zero-order valence-electron chi connectivity index (χ0n) is 11.5. The number of hydrogen-bond donors (Lipinski definition) is 4. The maximum absolute atomic E-state index is 11.6. The molecule has 1 rings (SSSR count). The summed E-state index contributed by atoms with van der Waals surface area (Å²) in [5.41, 5.74) is 1.57. The van der Waals surface area contributed by atoms with E-state index in [1.165, 1.54) is 0 Å². The first kappa shape index (κ1) is 16.4. The van der Waals surface area contributed by atoms with Crippen LogP contribution in [0.25, 0.3) is 0 Å². The predicted octanol–water partition coefficient (Wildman–Crippen LogP) is 0.507. The molecular formula is C13H17N3O5. The van der Waals surface area contributed by atoms with Gasteiger partial charge in [-0.25, -0.2) is 9.59 Å². The van der Waals surface area contributed by atoms with Crippen LogP contribution in [-0.2, 0) is 16.1 Å². The second-order valence-electron chi connectivity index (χ2n) is 4.42. The molecule has 0 aliphatic carbocycles. The predicted molar refractivity (Wildman–Crippen MR) is 72.6 cm³/mol. The van der Waals surface area contributed by atoms with Crippen LogP contribution in [0, 0.1) is 6.92 Å². The first-order chi connectivity index (χ1) is 9.90. The van der Waals surface area contributed by atoms with Gasteiger partial charge in [0.25, 0.3) is 0 Å². The first-order valence-corrected chi connectivity index (χ1v) is 6.29. The van der Waals surface area contributed by atoms with E-state index in [1.807, 2.05) is 13.0 Å². The number of amides is 2. The summed E-state index contributed by atoms with van der Waals surface area (Å²) in [5, 5.41) is 22.2. The van der Waals surface area contributed by atoms with Crippen LogP contribution in [0.15, 0.2) is 18.3 Å². The molecule has 0 aliphatic rings. The van der Waals surface area contributed by atoms with Crippen molar-refractivity contribution in [3.05, 3.63) is 29.6 Å². The molecule has 21 heavy (non-hydrogen) atoms. The van der Waals surface area contributed by atoms with Gasteiger partial charge in [-0.05, 0) is 25.0 Å². The number of nitrogens with one attached hydrogen (secondary N) is 2. The molecule has 0 saturated heterocycles. The molecule has 1 unspecified atom stereocenters. The van der Waals surface area contributed by atoms with Crippen molar-refractivity contribution in [3.63, 3.8) is 0 Å². The molecule has 0 aliphatic heterocycles. The summed E-state index contributed by atoms with van der Waals surface area (Å²) < 4.78 is 0. The van der Waals surface area contributed by atoms with Crippen LogP contribution < -0.4 is 10.6 Å². The smallest absolute Gasteiger partial charge is 0.326 e. The average molecular weight is 295 g/mol. The van der Waals surface area contributed by atoms with Crippen molar-refractivity contribution in [3.8, 4) is 0 Å². The largest absolute Gasteiger partial charge is 0.481 e. The van der Waals surface area contributed by atoms with Gasteiger partial charge < -0.3 is 20.8 Å². The van der Waals surface area contributed by atoms with Gasteiger partial charge in [0.05, 0.1) is 12.2 Å². The lowest BCUT2D eigenvalue weighted by atomic mass is 10.1. The molecule has 1 aromatic heterocycles. The summed E-state index contributed by atoms with van der Waals surface area (Å²) in [6.45, 7) is 2.00. The number of aromatic nitrogens is 1. The lowest BCUT2D eigenvalue weighted by molar-refractivity contribution is -0.140. The molecule has 0 saturated carbocycles. The highest BCUT2D eigenvalue weighted by atomic mass is 16.4. The van der Waals surface area contributed by atoms with E-state index in [2.05, 4.69) is 15.6 Å². The number of carboxylic acid groups (broad SMARTS) is 2. The van der Waals surface area contributed by atoms with Gasteiger partial charge in [-0.2, -0.15) is 0 Å². The summed E-state index contributed by atoms with van der Waals surface area (Å²) in [7, 11) is 0. The van der Waals surface area contributed by atoms with Gasteiger partial charge in [0.2, 0.25) is 0 Å². The molecular weight excluding hydrogens is 278 g/mol. The summed E-state index contributed by atoms with van der Waals surface area (Å²) in [5.74, 6) is -2.40. The zero-order valence-corrected chi connectivity index (χ0v) is 11.5. The normalized spacial score (nSPS) is 11.5. The minimum absolute atomic E-state index is 0.157. The lowest BCUT2D eigenvalue weighted by Crippen LogP contribution is -2.46. The standard InChI is InChI=1S/C13H17N3O5/c1-8-3-2-6-14-10(8)7-15-13(21)16-9(12(19)20)4-5-11(17)18/h2-3,6,9H,4-5,7H2,1H3,(H,17,18)(H,19,20)(H2,15,16,21). The molecule has 2 amide bonds. The minimum Gasteiger partial charge on any atom is -0.481 e. The number of carbonyl (C=O) groups excluding carboxylic acids is 1. The summed E-state index contributed by atoms with van der Waals surface area (Å²) in [6, 6.07) is 1.68. The molecule has 1 aromatic rings. The average Bonchev–Trinajstić information content (AvgIpc) is 2.42. The van der Waals surface area contributed by atoms with Crippen LogP contribution in [-0.4, -0.2) is 39.2 Å². The van der Waals surface area contributed by atoms with E-state index < -0.39 is 24.0 Å². The Bertz CT molecular complexity index is 532. The third-order valence-corrected chi connectivity index (χ3v) is 2.78. The highest BCUT2D eigenvalue weighted by Crippen LogP contribution is 2.02. The van der Waals surface area contributed by atoms with Crippen molar-refractivity contribution >= 4 is 18.0 Å². The van der Waals surface area contributed by atoms with Crippen LogP contribution >= 0.6 is 0 Å². The number of pyridine rings is 1. The molecule has 8 heteroatoms. The fraction of sp³-hybridized carbons (Fsp3) is 0.385. The molecule has 1 atom stereocenters. The number of rotatable bonds is 7. The van der Waals surface area contributed by atoms with E-state index in [0.717, 1.165) is 5.56 Å². The zero-order chi connectivity index (χ0) is 15.8. The third-order valence-electron chi connectivity index (χ3n) is 2.78. The van der Waals surface area contributed by atoms with Crippen molar-refractivity contribution in [1.29, 1.82) is 0 Å². The molecule has 0 radical (unpaired) electrons. The van der Waals surface area contributed by atoms with E-state index in [4.69, 9.17) is 10.2 Å². The molecule has 114 valence electrons. The van der Waals surface area contributed by atoms with Gasteiger partial charge in [0.1, 0.15) is 6.04 Å². The minimum atomic E-state index is -1.28. The SMILES string of the molecule is Cc1cccnc1CNC(=O)NC(CCC(=O)O)C(=O)O. The quantitative estimate of drug-likeness (QED) is 0.580. The number of urea groups is 1. The van der Waals surface area contributed by atoms with Gasteiger partial charge in [-0.15, -0.1) is 0 Å². The second kappa shape index (κ2) is 7.83. The molecule has 0 aromatic carbocycles. The van der Waals surface area contributed by atoms with E-state index in [1.54, 1.807) is 12.3 Å². The van der Waals surface area contributed by atoms with Crippen LogP contribution in [0.3, 0.4) is 0 Å². The van der Waals surface area contributed by atoms with Gasteiger partial charge in [-0.3, -0.25) is 9.78 Å². The second-order valence-corrected chi connectivity index (χ2v) is 4.42. The van der Waals surface area contributed by atoms with Crippen LogP contribution in [0.5, 0.6) is 0 Å². The maximum Gasteiger partial charge on any atom is 0.326 e. The van der Waals surface area contributed by atoms with E-state index >= 15 is 0 Å². The summed E-state index contributed by atoms with van der Waals surface area (Å²) in [6.07, 6.45) is 1.08. The van der Waals surface area contributed by atoms with Crippen molar-refractivity contribution in [2.75, 3.05) is 0 Å². The van der Waals surface area contributed by atoms with Crippen molar-refractivity contribution < 1.29 is 24.6 Å². The number of carboxylic acids is 2. The Balaban J connectivity index is 2.49. The van der Waals surface area contributed by atoms with Crippen molar-refractivity contribution in [2.24, 2.45) is 0 Å². The van der Waals surface area contributed by atoms with E-state index in [-0.39, 0.29) is 19.4 Å². The maximum atomic E-state index is 11.6. The van der Waals surface area contributed by atoms with Gasteiger partial charge in [0, 0.05) is 12.6 Å². The fourth-order valence-corrected chi connectivity index (χ4v) is 1.60. The number of aliphatic carboxylic acids is 2. The molecule has 8 nitrogen and oxygen atoms in total. The lowest BCUT2D eigenvalue weighted by Gasteiger charge is -2.14. The molecule has 0 spiro atoms. The topological polar surface area (TPSA) is 129 Å². The number of hydrogen-bond acceptors (Lipinski definition) is 4. The van der Waals surface area contributed by atoms with Gasteiger partial charge in [0.15, 0.2) is 0 Å². The van der Waals surface area contributed by atoms with Crippen molar-refractivity contribution in [1.82, 2.24) is 15.6 Å². The first-order valence-electron chi connectivity index (χ1n) is 6.29. The molecule has 1 heterocycles. The Morgan fingerprint density at radius 3 is 2.62 bits per heavy atom. The summed E-state index contributed by atoms with van der Waals surface area (Å²) in [4.78, 5) is 37.1. The Kier molecular flexibility index (Phi) is 6.12. The Morgan fingerprint density at radius 2 is 2.05 bits per heavy atom. The Morgan fingerprint density at radius 1 is 1.33 bits per heavy atom.